The van der Waals surface area contributed by atoms with Crippen LogP contribution in [0.3, 0.4) is 0 Å². The molecule has 0 aliphatic rings. The van der Waals surface area contributed by atoms with Crippen molar-refractivity contribution >= 4 is 22.9 Å². The molecule has 3 aromatic rings. The second kappa shape index (κ2) is 8.96. The lowest BCUT2D eigenvalue weighted by Crippen LogP contribution is -2.17. The zero-order valence-electron chi connectivity index (χ0n) is 16.7. The Morgan fingerprint density at radius 2 is 1.90 bits per heavy atom. The molecule has 3 rings (SSSR count). The predicted octanol–water partition coefficient (Wildman–Crippen LogP) is 5.15. The molecule has 7 heteroatoms. The van der Waals surface area contributed by atoms with Gasteiger partial charge in [0.1, 0.15) is 0 Å². The summed E-state index contributed by atoms with van der Waals surface area (Å²) in [5.74, 6) is -0.476. The Morgan fingerprint density at radius 3 is 2.52 bits per heavy atom. The number of aromatic nitrogens is 1. The number of hydrogen-bond donors (Lipinski definition) is 0. The maximum absolute atomic E-state index is 12.7. The molecule has 1 aromatic heterocycles. The zero-order valence-corrected chi connectivity index (χ0v) is 17.5. The van der Waals surface area contributed by atoms with Crippen molar-refractivity contribution in [2.75, 3.05) is 0 Å². The van der Waals surface area contributed by atoms with E-state index in [4.69, 9.17) is 0 Å². The normalized spacial score (nSPS) is 11.6. The Bertz CT molecular complexity index is 1110. The minimum Gasteiger partial charge on any atom is -0.316 e. The fraction of sp³-hybridized carbons (Fsp3) is 0.273. The van der Waals surface area contributed by atoms with Crippen molar-refractivity contribution < 1.29 is 9.72 Å². The van der Waals surface area contributed by atoms with E-state index >= 15 is 0 Å². The number of nitrogens with zero attached hydrogens (tertiary/aromatic N) is 3. The van der Waals surface area contributed by atoms with Crippen molar-refractivity contribution in [3.05, 3.63) is 79.5 Å². The summed E-state index contributed by atoms with van der Waals surface area (Å²) < 4.78 is 2.05. The summed E-state index contributed by atoms with van der Waals surface area (Å²) in [6.07, 6.45) is 1.88. The first-order chi connectivity index (χ1) is 13.9. The van der Waals surface area contributed by atoms with Crippen molar-refractivity contribution in [1.29, 1.82) is 0 Å². The van der Waals surface area contributed by atoms with Gasteiger partial charge in [0.15, 0.2) is 4.80 Å². The Hall–Kier alpha value is -3.06. The van der Waals surface area contributed by atoms with E-state index in [0.717, 1.165) is 24.1 Å². The number of carbonyl (C=O) groups is 1. The van der Waals surface area contributed by atoms with Crippen LogP contribution in [0.5, 0.6) is 0 Å². The molecule has 0 fully saturated rings. The number of benzene rings is 2. The van der Waals surface area contributed by atoms with Crippen LogP contribution in [0.25, 0.3) is 11.3 Å². The number of nitro groups is 1. The first kappa shape index (κ1) is 20.7. The molecule has 0 unspecified atom stereocenters. The predicted molar refractivity (Wildman–Crippen MR) is 115 cm³/mol. The van der Waals surface area contributed by atoms with Crippen molar-refractivity contribution in [3.63, 3.8) is 0 Å². The monoisotopic (exact) mass is 409 g/mol. The maximum atomic E-state index is 12.7. The molecular formula is C22H23N3O3S. The molecule has 150 valence electrons. The topological polar surface area (TPSA) is 77.5 Å². The van der Waals surface area contributed by atoms with Crippen molar-refractivity contribution in [2.24, 2.45) is 4.99 Å². The van der Waals surface area contributed by atoms with E-state index in [-0.39, 0.29) is 11.3 Å². The van der Waals surface area contributed by atoms with E-state index in [0.29, 0.717) is 11.3 Å². The Kier molecular flexibility index (Phi) is 6.39. The molecule has 0 atom stereocenters. The molecule has 0 bridgehead atoms. The number of non-ortho nitro benzene ring substituents is 1. The second-order valence-corrected chi connectivity index (χ2v) is 7.80. The number of thiazole rings is 1. The first-order valence-corrected chi connectivity index (χ1v) is 10.4. The smallest absolute Gasteiger partial charge is 0.279 e. The van der Waals surface area contributed by atoms with Crippen LogP contribution < -0.4 is 4.80 Å². The van der Waals surface area contributed by atoms with Gasteiger partial charge in [-0.15, -0.1) is 11.3 Å². The average molecular weight is 410 g/mol. The van der Waals surface area contributed by atoms with E-state index < -0.39 is 10.8 Å². The summed E-state index contributed by atoms with van der Waals surface area (Å²) in [5, 5.41) is 11.0. The minimum absolute atomic E-state index is 0.118. The van der Waals surface area contributed by atoms with Gasteiger partial charge in [-0.25, -0.2) is 0 Å². The largest absolute Gasteiger partial charge is 0.316 e. The van der Waals surface area contributed by atoms with Gasteiger partial charge in [0.05, 0.1) is 10.6 Å². The lowest BCUT2D eigenvalue weighted by atomic mass is 10.1. The van der Waals surface area contributed by atoms with Crippen LogP contribution in [-0.4, -0.2) is 15.4 Å². The number of amides is 1. The van der Waals surface area contributed by atoms with Gasteiger partial charge in [0, 0.05) is 29.1 Å². The Labute approximate surface area is 173 Å². The van der Waals surface area contributed by atoms with Crippen LogP contribution in [0.2, 0.25) is 0 Å². The second-order valence-electron chi connectivity index (χ2n) is 6.74. The molecule has 0 saturated heterocycles. The quantitative estimate of drug-likeness (QED) is 0.417. The molecule has 0 aliphatic carbocycles. The maximum Gasteiger partial charge on any atom is 0.279 e. The first-order valence-electron chi connectivity index (χ1n) is 9.57. The van der Waals surface area contributed by atoms with Crippen LogP contribution >= 0.6 is 11.3 Å². The van der Waals surface area contributed by atoms with Gasteiger partial charge < -0.3 is 4.57 Å². The Balaban J connectivity index is 2.13. The standard InChI is InChI=1S/C22H23N3O3S/c1-4-7-19-20(16-12-10-15(3)11-13-16)24(5-2)22(29-19)23-21(26)17-8-6-9-18(14-17)25(27)28/h6,8-14H,4-5,7H2,1-3H3. The number of hydrogen-bond acceptors (Lipinski definition) is 4. The Morgan fingerprint density at radius 1 is 1.17 bits per heavy atom. The third-order valence-corrected chi connectivity index (χ3v) is 5.74. The zero-order chi connectivity index (χ0) is 21.0. The molecule has 0 N–H and O–H groups in total. The van der Waals surface area contributed by atoms with E-state index in [1.54, 1.807) is 6.07 Å². The van der Waals surface area contributed by atoms with Gasteiger partial charge in [-0.05, 0) is 31.9 Å². The van der Waals surface area contributed by atoms with Crippen molar-refractivity contribution in [1.82, 2.24) is 4.57 Å². The minimum atomic E-state index is -0.511. The molecule has 0 aliphatic heterocycles. The van der Waals surface area contributed by atoms with Gasteiger partial charge in [-0.2, -0.15) is 4.99 Å². The van der Waals surface area contributed by atoms with Crippen molar-refractivity contribution in [2.45, 2.75) is 40.2 Å². The molecule has 6 nitrogen and oxygen atoms in total. The van der Waals surface area contributed by atoms with E-state index in [1.165, 1.54) is 40.0 Å². The van der Waals surface area contributed by atoms with Gasteiger partial charge in [-0.1, -0.05) is 49.2 Å². The third-order valence-electron chi connectivity index (χ3n) is 4.60. The number of aryl methyl sites for hydroxylation is 2. The molecule has 29 heavy (non-hydrogen) atoms. The third kappa shape index (κ3) is 4.51. The molecule has 0 saturated carbocycles. The fourth-order valence-corrected chi connectivity index (χ4v) is 4.48. The molecule has 1 amide bonds. The van der Waals surface area contributed by atoms with Crippen LogP contribution in [0, 0.1) is 17.0 Å². The SMILES string of the molecule is CCCc1sc(=NC(=O)c2cccc([N+](=O)[O-])c2)n(CC)c1-c1ccc(C)cc1. The summed E-state index contributed by atoms with van der Waals surface area (Å²) in [4.78, 5) is 29.3. The van der Waals surface area contributed by atoms with Gasteiger partial charge >= 0.3 is 0 Å². The number of nitro benzene ring substituents is 1. The highest BCUT2D eigenvalue weighted by molar-refractivity contribution is 7.09. The summed E-state index contributed by atoms with van der Waals surface area (Å²) in [6.45, 7) is 6.87. The molecule has 0 radical (unpaired) electrons. The molecule has 0 spiro atoms. The van der Waals surface area contributed by atoms with Crippen LogP contribution in [0.15, 0.2) is 53.5 Å². The van der Waals surface area contributed by atoms with Crippen LogP contribution in [-0.2, 0) is 13.0 Å². The van der Waals surface area contributed by atoms with Gasteiger partial charge in [-0.3, -0.25) is 14.9 Å². The fourth-order valence-electron chi connectivity index (χ4n) is 3.17. The summed E-state index contributed by atoms with van der Waals surface area (Å²) in [5.41, 5.74) is 3.47. The van der Waals surface area contributed by atoms with Crippen LogP contribution in [0.4, 0.5) is 5.69 Å². The number of carbonyl (C=O) groups excluding carboxylic acids is 1. The van der Waals surface area contributed by atoms with E-state index in [1.807, 2.05) is 6.92 Å². The highest BCUT2D eigenvalue weighted by Crippen LogP contribution is 2.27. The summed E-state index contributed by atoms with van der Waals surface area (Å²) in [6, 6.07) is 14.0. The highest BCUT2D eigenvalue weighted by Gasteiger charge is 2.16. The lowest BCUT2D eigenvalue weighted by Gasteiger charge is -2.09. The number of rotatable bonds is 6. The van der Waals surface area contributed by atoms with E-state index in [9.17, 15) is 14.9 Å². The van der Waals surface area contributed by atoms with Crippen LogP contribution in [0.1, 0.15) is 41.1 Å². The van der Waals surface area contributed by atoms with Gasteiger partial charge in [0.2, 0.25) is 0 Å². The molecule has 1 heterocycles. The van der Waals surface area contributed by atoms with Crippen molar-refractivity contribution in [3.8, 4) is 11.3 Å². The van der Waals surface area contributed by atoms with E-state index in [2.05, 4.69) is 47.7 Å². The molecule has 2 aromatic carbocycles. The lowest BCUT2D eigenvalue weighted by molar-refractivity contribution is -0.384. The highest BCUT2D eigenvalue weighted by atomic mass is 32.1. The van der Waals surface area contributed by atoms with Gasteiger partial charge in [0.25, 0.3) is 11.6 Å². The molecular weight excluding hydrogens is 386 g/mol. The summed E-state index contributed by atoms with van der Waals surface area (Å²) in [7, 11) is 0. The summed E-state index contributed by atoms with van der Waals surface area (Å²) >= 11 is 1.51. The average Bonchev–Trinajstić information content (AvgIpc) is 3.05.